The second kappa shape index (κ2) is 7.43. The van der Waals surface area contributed by atoms with Gasteiger partial charge in [-0.2, -0.15) is 0 Å². The molecule has 0 fully saturated rings. The second-order valence-corrected chi connectivity index (χ2v) is 5.65. The van der Waals surface area contributed by atoms with Gasteiger partial charge in [-0.3, -0.25) is 9.59 Å². The van der Waals surface area contributed by atoms with Crippen LogP contribution in [-0.2, 0) is 9.53 Å². The Morgan fingerprint density at radius 3 is 2.50 bits per heavy atom. The normalized spacial score (nSPS) is 11.9. The summed E-state index contributed by atoms with van der Waals surface area (Å²) in [5.74, 6) is -9.43. The van der Waals surface area contributed by atoms with Crippen molar-refractivity contribution < 1.29 is 31.9 Å². The number of benzene rings is 1. The number of amides is 1. The van der Waals surface area contributed by atoms with Crippen LogP contribution in [0.4, 0.5) is 17.6 Å². The summed E-state index contributed by atoms with van der Waals surface area (Å²) in [6.45, 7) is 0. The molecule has 1 aromatic carbocycles. The lowest BCUT2D eigenvalue weighted by Crippen LogP contribution is -2.31. The van der Waals surface area contributed by atoms with E-state index in [1.165, 1.54) is 11.3 Å². The molecule has 1 amide bonds. The Balaban J connectivity index is 2.30. The molecule has 0 spiro atoms. The molecule has 1 N–H and O–H groups in total. The van der Waals surface area contributed by atoms with Crippen molar-refractivity contribution in [3.8, 4) is 0 Å². The van der Waals surface area contributed by atoms with Gasteiger partial charge in [0.2, 0.25) is 0 Å². The summed E-state index contributed by atoms with van der Waals surface area (Å²) in [5.41, 5.74) is -1.00. The van der Waals surface area contributed by atoms with Crippen molar-refractivity contribution in [3.05, 3.63) is 57.3 Å². The molecule has 0 saturated carbocycles. The van der Waals surface area contributed by atoms with Crippen LogP contribution < -0.4 is 5.32 Å². The van der Waals surface area contributed by atoms with E-state index in [0.29, 0.717) is 4.88 Å². The van der Waals surface area contributed by atoms with E-state index in [-0.39, 0.29) is 12.5 Å². The minimum absolute atomic E-state index is 0.257. The SMILES string of the molecule is COC(=O)CC(NC(=O)c1cc(F)c(F)c(F)c1F)c1cccs1. The lowest BCUT2D eigenvalue weighted by molar-refractivity contribution is -0.141. The van der Waals surface area contributed by atoms with Crippen LogP contribution in [0.2, 0.25) is 0 Å². The quantitative estimate of drug-likeness (QED) is 0.385. The van der Waals surface area contributed by atoms with E-state index in [0.717, 1.165) is 7.11 Å². The Hall–Kier alpha value is -2.42. The van der Waals surface area contributed by atoms with Crippen molar-refractivity contribution >= 4 is 23.2 Å². The Morgan fingerprint density at radius 2 is 1.92 bits per heavy atom. The number of esters is 1. The zero-order valence-electron chi connectivity index (χ0n) is 12.2. The van der Waals surface area contributed by atoms with Crippen molar-refractivity contribution in [2.75, 3.05) is 7.11 Å². The number of hydrogen-bond acceptors (Lipinski definition) is 4. The molecule has 0 saturated heterocycles. The predicted octanol–water partition coefficient (Wildman–Crippen LogP) is 3.34. The molecule has 1 heterocycles. The maximum absolute atomic E-state index is 13.7. The first-order valence-electron chi connectivity index (χ1n) is 6.59. The van der Waals surface area contributed by atoms with Gasteiger partial charge in [0.15, 0.2) is 23.3 Å². The van der Waals surface area contributed by atoms with Crippen molar-refractivity contribution in [1.29, 1.82) is 0 Å². The highest BCUT2D eigenvalue weighted by Crippen LogP contribution is 2.24. The van der Waals surface area contributed by atoms with E-state index in [2.05, 4.69) is 10.1 Å². The Morgan fingerprint density at radius 1 is 1.21 bits per heavy atom. The number of rotatable bonds is 5. The van der Waals surface area contributed by atoms with Gasteiger partial charge in [-0.1, -0.05) is 6.07 Å². The van der Waals surface area contributed by atoms with Crippen LogP contribution in [0.5, 0.6) is 0 Å². The third-order valence-electron chi connectivity index (χ3n) is 3.14. The average molecular weight is 361 g/mol. The summed E-state index contributed by atoms with van der Waals surface area (Å²) in [5, 5.41) is 3.97. The lowest BCUT2D eigenvalue weighted by atomic mass is 10.1. The van der Waals surface area contributed by atoms with Crippen molar-refractivity contribution in [1.82, 2.24) is 5.32 Å². The Kier molecular flexibility index (Phi) is 5.55. The van der Waals surface area contributed by atoms with Crippen molar-refractivity contribution in [3.63, 3.8) is 0 Å². The van der Waals surface area contributed by atoms with Crippen LogP contribution in [0.25, 0.3) is 0 Å². The highest BCUT2D eigenvalue weighted by Gasteiger charge is 2.26. The summed E-state index contributed by atoms with van der Waals surface area (Å²) in [6, 6.07) is 2.64. The Labute approximate surface area is 138 Å². The average Bonchev–Trinajstić information content (AvgIpc) is 3.09. The van der Waals surface area contributed by atoms with E-state index >= 15 is 0 Å². The molecular weight excluding hydrogens is 350 g/mol. The summed E-state index contributed by atoms with van der Waals surface area (Å²) in [7, 11) is 1.15. The fourth-order valence-corrected chi connectivity index (χ4v) is 2.71. The smallest absolute Gasteiger partial charge is 0.307 e. The monoisotopic (exact) mass is 361 g/mol. The van der Waals surface area contributed by atoms with Crippen LogP contribution in [0.3, 0.4) is 0 Å². The van der Waals surface area contributed by atoms with Crippen LogP contribution in [0.1, 0.15) is 27.7 Å². The molecule has 0 radical (unpaired) electrons. The first-order chi connectivity index (χ1) is 11.3. The molecule has 1 unspecified atom stereocenters. The lowest BCUT2D eigenvalue weighted by Gasteiger charge is -2.17. The van der Waals surface area contributed by atoms with E-state index in [1.807, 2.05) is 0 Å². The van der Waals surface area contributed by atoms with Gasteiger partial charge in [-0.25, -0.2) is 17.6 Å². The molecule has 2 aromatic rings. The number of carbonyl (C=O) groups excluding carboxylic acids is 2. The predicted molar refractivity (Wildman–Crippen MR) is 77.4 cm³/mol. The molecule has 0 aliphatic carbocycles. The van der Waals surface area contributed by atoms with Gasteiger partial charge in [0.1, 0.15) is 0 Å². The van der Waals surface area contributed by atoms with Crippen LogP contribution in [-0.4, -0.2) is 19.0 Å². The molecule has 1 atom stereocenters. The van der Waals surface area contributed by atoms with E-state index in [9.17, 15) is 27.2 Å². The number of methoxy groups -OCH3 is 1. The third kappa shape index (κ3) is 3.73. The van der Waals surface area contributed by atoms with Gasteiger partial charge < -0.3 is 10.1 Å². The van der Waals surface area contributed by atoms with E-state index in [1.54, 1.807) is 17.5 Å². The number of hydrogen-bond donors (Lipinski definition) is 1. The molecule has 0 bridgehead atoms. The number of thiophene rings is 1. The van der Waals surface area contributed by atoms with Gasteiger partial charge in [0, 0.05) is 4.88 Å². The number of ether oxygens (including phenoxy) is 1. The zero-order chi connectivity index (χ0) is 17.9. The summed E-state index contributed by atoms with van der Waals surface area (Å²) >= 11 is 1.21. The van der Waals surface area contributed by atoms with Crippen LogP contribution in [0.15, 0.2) is 23.6 Å². The van der Waals surface area contributed by atoms with Gasteiger partial charge in [-0.15, -0.1) is 11.3 Å². The van der Waals surface area contributed by atoms with Gasteiger partial charge in [0.05, 0.1) is 25.1 Å². The molecule has 0 aliphatic heterocycles. The van der Waals surface area contributed by atoms with Crippen molar-refractivity contribution in [2.24, 2.45) is 0 Å². The van der Waals surface area contributed by atoms with Gasteiger partial charge in [0.25, 0.3) is 5.91 Å². The number of halogens is 4. The topological polar surface area (TPSA) is 55.4 Å². The summed E-state index contributed by atoms with van der Waals surface area (Å²) in [6.07, 6.45) is -0.267. The zero-order valence-corrected chi connectivity index (χ0v) is 13.1. The highest BCUT2D eigenvalue weighted by molar-refractivity contribution is 7.10. The maximum Gasteiger partial charge on any atom is 0.307 e. The maximum atomic E-state index is 13.7. The summed E-state index contributed by atoms with van der Waals surface area (Å²) in [4.78, 5) is 24.1. The molecular formula is C15H11F4NO3S. The standard InChI is InChI=1S/C15H11F4NO3S/c1-23-11(21)6-9(10-3-2-4-24-10)20-15(22)7-5-8(16)13(18)14(19)12(7)17/h2-5,9H,6H2,1H3,(H,20,22). The molecule has 0 aliphatic rings. The van der Waals surface area contributed by atoms with Gasteiger partial charge >= 0.3 is 5.97 Å². The molecule has 2 rings (SSSR count). The molecule has 1 aromatic heterocycles. The largest absolute Gasteiger partial charge is 0.469 e. The molecule has 4 nitrogen and oxygen atoms in total. The van der Waals surface area contributed by atoms with Crippen molar-refractivity contribution in [2.45, 2.75) is 12.5 Å². The first kappa shape index (κ1) is 17.9. The third-order valence-corrected chi connectivity index (χ3v) is 4.12. The summed E-state index contributed by atoms with van der Waals surface area (Å²) < 4.78 is 57.6. The second-order valence-electron chi connectivity index (χ2n) is 4.67. The minimum Gasteiger partial charge on any atom is -0.469 e. The number of carbonyl (C=O) groups is 2. The molecule has 24 heavy (non-hydrogen) atoms. The van der Waals surface area contributed by atoms with Crippen LogP contribution in [0, 0.1) is 23.3 Å². The van der Waals surface area contributed by atoms with Gasteiger partial charge in [-0.05, 0) is 17.5 Å². The van der Waals surface area contributed by atoms with Crippen LogP contribution >= 0.6 is 11.3 Å². The van der Waals surface area contributed by atoms with E-state index < -0.39 is 46.8 Å². The fraction of sp³-hybridized carbons (Fsp3) is 0.200. The minimum atomic E-state index is -2.08. The highest BCUT2D eigenvalue weighted by atomic mass is 32.1. The Bertz CT molecular complexity index is 765. The van der Waals surface area contributed by atoms with E-state index in [4.69, 9.17) is 0 Å². The molecule has 128 valence electrons. The number of nitrogens with one attached hydrogen (secondary N) is 1. The fourth-order valence-electron chi connectivity index (χ4n) is 1.94. The molecule has 9 heteroatoms. The first-order valence-corrected chi connectivity index (χ1v) is 7.47.